The van der Waals surface area contributed by atoms with Crippen molar-refractivity contribution in [2.75, 3.05) is 19.8 Å². The number of ether oxygens (including phenoxy) is 1. The Balaban J connectivity index is 1.64. The molecule has 6 heteroatoms. The van der Waals surface area contributed by atoms with Crippen molar-refractivity contribution >= 4 is 5.91 Å². The maximum atomic E-state index is 13.2. The molecule has 1 saturated carbocycles. The van der Waals surface area contributed by atoms with E-state index in [0.29, 0.717) is 25.3 Å². The molecule has 0 radical (unpaired) electrons. The lowest BCUT2D eigenvalue weighted by Crippen LogP contribution is -2.43. The van der Waals surface area contributed by atoms with E-state index in [1.54, 1.807) is 6.20 Å². The summed E-state index contributed by atoms with van der Waals surface area (Å²) in [4.78, 5) is 19.4. The number of nitrogens with zero attached hydrogens (tertiary/aromatic N) is 4. The first kappa shape index (κ1) is 17.2. The van der Waals surface area contributed by atoms with Crippen LogP contribution in [0, 0.1) is 12.8 Å². The molecular formula is C20H26N4O2. The Hall–Kier alpha value is -2.21. The van der Waals surface area contributed by atoms with Crippen LogP contribution >= 0.6 is 0 Å². The minimum atomic E-state index is -0.0891. The van der Waals surface area contributed by atoms with E-state index < -0.39 is 0 Å². The Morgan fingerprint density at radius 3 is 2.85 bits per heavy atom. The van der Waals surface area contributed by atoms with E-state index in [1.807, 2.05) is 37.1 Å². The number of aromatic nitrogens is 3. The average Bonchev–Trinajstić information content (AvgIpc) is 3.38. The number of aryl methyl sites for hydroxylation is 1. The van der Waals surface area contributed by atoms with Crippen LogP contribution in [0.4, 0.5) is 0 Å². The molecule has 1 fully saturated rings. The number of fused-ring (bicyclic) bond motifs is 1. The zero-order valence-electron chi connectivity index (χ0n) is 15.5. The molecule has 3 heterocycles. The summed E-state index contributed by atoms with van der Waals surface area (Å²) in [6, 6.07) is 3.66. The van der Waals surface area contributed by atoms with E-state index in [1.165, 1.54) is 18.4 Å². The summed E-state index contributed by atoms with van der Waals surface area (Å²) in [6.45, 7) is 6.69. The van der Waals surface area contributed by atoms with Crippen LogP contribution in [0.1, 0.15) is 53.1 Å². The van der Waals surface area contributed by atoms with Gasteiger partial charge in [0.1, 0.15) is 0 Å². The molecule has 6 nitrogen and oxygen atoms in total. The highest BCUT2D eigenvalue weighted by Gasteiger charge is 2.36. The number of carbonyl (C=O) groups is 1. The molecule has 1 aliphatic carbocycles. The highest BCUT2D eigenvalue weighted by Crippen LogP contribution is 2.35. The van der Waals surface area contributed by atoms with E-state index in [9.17, 15) is 4.79 Å². The van der Waals surface area contributed by atoms with Crippen LogP contribution < -0.4 is 0 Å². The number of carbonyl (C=O) groups excluding carboxylic acids is 1. The molecular weight excluding hydrogens is 328 g/mol. The number of hydrogen-bond donors (Lipinski definition) is 0. The number of amides is 1. The number of pyridine rings is 1. The Morgan fingerprint density at radius 2 is 2.15 bits per heavy atom. The van der Waals surface area contributed by atoms with Crippen molar-refractivity contribution in [1.29, 1.82) is 0 Å². The Labute approximate surface area is 154 Å². The van der Waals surface area contributed by atoms with Gasteiger partial charge in [0.15, 0.2) is 0 Å². The molecule has 0 N–H and O–H groups in total. The third-order valence-electron chi connectivity index (χ3n) is 5.30. The van der Waals surface area contributed by atoms with E-state index >= 15 is 0 Å². The lowest BCUT2D eigenvalue weighted by atomic mass is 9.99. The van der Waals surface area contributed by atoms with Crippen molar-refractivity contribution in [2.45, 2.75) is 45.7 Å². The minimum Gasteiger partial charge on any atom is -0.379 e. The van der Waals surface area contributed by atoms with E-state index in [2.05, 4.69) is 14.8 Å². The van der Waals surface area contributed by atoms with Gasteiger partial charge in [0, 0.05) is 31.6 Å². The first-order valence-corrected chi connectivity index (χ1v) is 9.53. The van der Waals surface area contributed by atoms with Crippen LogP contribution in [0.5, 0.6) is 0 Å². The van der Waals surface area contributed by atoms with Crippen molar-refractivity contribution in [3.8, 4) is 0 Å². The van der Waals surface area contributed by atoms with Crippen molar-refractivity contribution < 1.29 is 9.53 Å². The molecule has 0 aromatic carbocycles. The van der Waals surface area contributed by atoms with Gasteiger partial charge in [0.05, 0.1) is 30.1 Å². The van der Waals surface area contributed by atoms with Gasteiger partial charge < -0.3 is 9.64 Å². The number of rotatable bonds is 6. The smallest absolute Gasteiger partial charge is 0.256 e. The average molecular weight is 354 g/mol. The topological polar surface area (TPSA) is 60.2 Å². The molecule has 1 aliphatic heterocycles. The lowest BCUT2D eigenvalue weighted by Gasteiger charge is -2.36. The molecule has 1 amide bonds. The molecule has 0 spiro atoms. The second-order valence-corrected chi connectivity index (χ2v) is 7.29. The van der Waals surface area contributed by atoms with Gasteiger partial charge >= 0.3 is 0 Å². The van der Waals surface area contributed by atoms with Crippen molar-refractivity contribution in [2.24, 2.45) is 5.92 Å². The van der Waals surface area contributed by atoms with Gasteiger partial charge in [-0.2, -0.15) is 5.10 Å². The molecule has 0 unspecified atom stereocenters. The summed E-state index contributed by atoms with van der Waals surface area (Å²) in [5, 5.41) is 4.63. The Bertz CT molecular complexity index is 780. The maximum absolute atomic E-state index is 13.2. The zero-order chi connectivity index (χ0) is 18.1. The summed E-state index contributed by atoms with van der Waals surface area (Å²) >= 11 is 0. The summed E-state index contributed by atoms with van der Waals surface area (Å²) in [5.74, 6) is 0.756. The van der Waals surface area contributed by atoms with Crippen LogP contribution in [0.15, 0.2) is 24.5 Å². The fraction of sp³-hybridized carbons (Fsp3) is 0.550. The second kappa shape index (κ2) is 7.19. The predicted octanol–water partition coefficient (Wildman–Crippen LogP) is 2.77. The monoisotopic (exact) mass is 354 g/mol. The van der Waals surface area contributed by atoms with Crippen LogP contribution in [0.25, 0.3) is 0 Å². The molecule has 0 saturated heterocycles. The van der Waals surface area contributed by atoms with Gasteiger partial charge in [-0.25, -0.2) is 0 Å². The van der Waals surface area contributed by atoms with Gasteiger partial charge in [0.25, 0.3) is 5.91 Å². The van der Waals surface area contributed by atoms with Gasteiger partial charge in [-0.3, -0.25) is 14.5 Å². The lowest BCUT2D eigenvalue weighted by molar-refractivity contribution is 0.0397. The number of hydrogen-bond acceptors (Lipinski definition) is 4. The SMILES string of the molecule is CCOC[C@@H]1c2c(cnn2CC2CC2)CCN1C(=O)c1ccc(C)nc1. The summed E-state index contributed by atoms with van der Waals surface area (Å²) < 4.78 is 7.87. The van der Waals surface area contributed by atoms with Crippen molar-refractivity contribution in [3.63, 3.8) is 0 Å². The van der Waals surface area contributed by atoms with Gasteiger partial charge in [-0.1, -0.05) is 0 Å². The van der Waals surface area contributed by atoms with Crippen LogP contribution in [0.3, 0.4) is 0 Å². The summed E-state index contributed by atoms with van der Waals surface area (Å²) in [7, 11) is 0. The van der Waals surface area contributed by atoms with E-state index in [-0.39, 0.29) is 11.9 Å². The molecule has 2 aromatic rings. The largest absolute Gasteiger partial charge is 0.379 e. The maximum Gasteiger partial charge on any atom is 0.256 e. The summed E-state index contributed by atoms with van der Waals surface area (Å²) in [6.07, 6.45) is 7.05. The third-order valence-corrected chi connectivity index (χ3v) is 5.30. The second-order valence-electron chi connectivity index (χ2n) is 7.29. The fourth-order valence-electron chi connectivity index (χ4n) is 3.65. The highest BCUT2D eigenvalue weighted by atomic mass is 16.5. The van der Waals surface area contributed by atoms with E-state index in [4.69, 9.17) is 4.74 Å². The normalized spacial score (nSPS) is 19.5. The standard InChI is InChI=1S/C20H26N4O2/c1-3-26-13-18-19-16(11-22-24(19)12-15-5-6-15)8-9-23(18)20(25)17-7-4-14(2)21-10-17/h4,7,10-11,15,18H,3,5-6,8-9,12-13H2,1-2H3/t18-/m1/s1. The van der Waals surface area contributed by atoms with Gasteiger partial charge in [0.2, 0.25) is 0 Å². The van der Waals surface area contributed by atoms with Crippen LogP contribution in [-0.4, -0.2) is 45.3 Å². The molecule has 26 heavy (non-hydrogen) atoms. The van der Waals surface area contributed by atoms with Crippen molar-refractivity contribution in [1.82, 2.24) is 19.7 Å². The summed E-state index contributed by atoms with van der Waals surface area (Å²) in [5.41, 5.74) is 3.95. The third kappa shape index (κ3) is 3.38. The quantitative estimate of drug-likeness (QED) is 0.800. The fourth-order valence-corrected chi connectivity index (χ4v) is 3.65. The van der Waals surface area contributed by atoms with Crippen molar-refractivity contribution in [3.05, 3.63) is 47.0 Å². The Morgan fingerprint density at radius 1 is 1.31 bits per heavy atom. The van der Waals surface area contributed by atoms with E-state index in [0.717, 1.165) is 30.3 Å². The molecule has 2 aromatic heterocycles. The first-order valence-electron chi connectivity index (χ1n) is 9.53. The highest BCUT2D eigenvalue weighted by molar-refractivity contribution is 5.94. The molecule has 1 atom stereocenters. The molecule has 2 aliphatic rings. The molecule has 4 rings (SSSR count). The molecule has 0 bridgehead atoms. The first-order chi connectivity index (χ1) is 12.7. The van der Waals surface area contributed by atoms with Crippen LogP contribution in [-0.2, 0) is 17.7 Å². The van der Waals surface area contributed by atoms with Gasteiger partial charge in [-0.15, -0.1) is 0 Å². The Kier molecular flexibility index (Phi) is 4.76. The van der Waals surface area contributed by atoms with Gasteiger partial charge in [-0.05, 0) is 56.7 Å². The molecule has 138 valence electrons. The predicted molar refractivity (Wildman–Crippen MR) is 97.9 cm³/mol. The van der Waals surface area contributed by atoms with Crippen LogP contribution in [0.2, 0.25) is 0 Å². The zero-order valence-corrected chi connectivity index (χ0v) is 15.5. The minimum absolute atomic E-state index is 0.0204.